The maximum Gasteiger partial charge on any atom is 0.336 e. The van der Waals surface area contributed by atoms with Gasteiger partial charge in [0.1, 0.15) is 4.90 Å². The number of ether oxygens (including phenoxy) is 2. The van der Waals surface area contributed by atoms with Crippen molar-refractivity contribution in [3.05, 3.63) is 22.9 Å². The molecule has 2 heterocycles. The molecule has 1 aliphatic rings. The van der Waals surface area contributed by atoms with E-state index in [4.69, 9.17) is 4.74 Å². The molecule has 20 heavy (non-hydrogen) atoms. The Morgan fingerprint density at radius 2 is 2.30 bits per heavy atom. The van der Waals surface area contributed by atoms with Crippen molar-refractivity contribution in [2.45, 2.75) is 11.0 Å². The van der Waals surface area contributed by atoms with E-state index in [1.807, 2.05) is 0 Å². The maximum absolute atomic E-state index is 12.5. The number of carbonyl (C=O) groups excluding carboxylic acids is 1. The molecule has 9 heteroatoms. The molecule has 0 spiro atoms. The number of nitrogens with zero attached hydrogens (tertiary/aromatic N) is 2. The third kappa shape index (κ3) is 3.17. The van der Waals surface area contributed by atoms with Crippen LogP contribution >= 0.6 is 15.9 Å². The second kappa shape index (κ2) is 6.17. The number of morpholine rings is 1. The Kier molecular flexibility index (Phi) is 4.74. The summed E-state index contributed by atoms with van der Waals surface area (Å²) in [6, 6.07) is 1.46. The highest BCUT2D eigenvalue weighted by Crippen LogP contribution is 2.21. The second-order valence-corrected chi connectivity index (χ2v) is 6.94. The summed E-state index contributed by atoms with van der Waals surface area (Å²) in [5.74, 6) is -0.586. The van der Waals surface area contributed by atoms with Gasteiger partial charge in [-0.3, -0.25) is 4.98 Å². The van der Waals surface area contributed by atoms with Crippen molar-refractivity contribution in [2.24, 2.45) is 0 Å². The SMILES string of the molecule is COC(=O)C1CN(S(=O)(=O)c2cncc(Br)c2)CCO1. The first-order valence-electron chi connectivity index (χ1n) is 5.75. The van der Waals surface area contributed by atoms with E-state index >= 15 is 0 Å². The van der Waals surface area contributed by atoms with Crippen LogP contribution in [-0.4, -0.2) is 56.6 Å². The first kappa shape index (κ1) is 15.4. The van der Waals surface area contributed by atoms with Crippen LogP contribution < -0.4 is 0 Å². The van der Waals surface area contributed by atoms with E-state index in [0.717, 1.165) is 0 Å². The minimum absolute atomic E-state index is 0.0670. The van der Waals surface area contributed by atoms with Crippen molar-refractivity contribution in [3.8, 4) is 0 Å². The summed E-state index contributed by atoms with van der Waals surface area (Å²) in [7, 11) is -2.47. The number of rotatable bonds is 3. The first-order chi connectivity index (χ1) is 9.45. The van der Waals surface area contributed by atoms with Crippen molar-refractivity contribution < 1.29 is 22.7 Å². The van der Waals surface area contributed by atoms with Crippen LogP contribution in [0.1, 0.15) is 0 Å². The fraction of sp³-hybridized carbons (Fsp3) is 0.455. The van der Waals surface area contributed by atoms with Gasteiger partial charge in [0.05, 0.1) is 20.3 Å². The van der Waals surface area contributed by atoms with Gasteiger partial charge in [0, 0.05) is 23.4 Å². The molecule has 0 aromatic carbocycles. The lowest BCUT2D eigenvalue weighted by Gasteiger charge is -2.30. The predicted octanol–water partition coefficient (Wildman–Crippen LogP) is 0.407. The monoisotopic (exact) mass is 364 g/mol. The van der Waals surface area contributed by atoms with Crippen molar-refractivity contribution in [3.63, 3.8) is 0 Å². The van der Waals surface area contributed by atoms with Gasteiger partial charge < -0.3 is 9.47 Å². The van der Waals surface area contributed by atoms with Crippen LogP contribution in [0, 0.1) is 0 Å². The molecule has 1 aromatic rings. The maximum atomic E-state index is 12.5. The fourth-order valence-electron chi connectivity index (χ4n) is 1.80. The van der Waals surface area contributed by atoms with Crippen molar-refractivity contribution in [1.82, 2.24) is 9.29 Å². The first-order valence-corrected chi connectivity index (χ1v) is 7.98. The Hall–Kier alpha value is -1.03. The topological polar surface area (TPSA) is 85.8 Å². The molecular weight excluding hydrogens is 352 g/mol. The van der Waals surface area contributed by atoms with Crippen LogP contribution in [0.2, 0.25) is 0 Å². The summed E-state index contributed by atoms with van der Waals surface area (Å²) in [4.78, 5) is 15.3. The quantitative estimate of drug-likeness (QED) is 0.722. The van der Waals surface area contributed by atoms with Gasteiger partial charge in [0.2, 0.25) is 10.0 Å². The van der Waals surface area contributed by atoms with Gasteiger partial charge in [-0.25, -0.2) is 13.2 Å². The van der Waals surface area contributed by atoms with Crippen molar-refractivity contribution in [2.75, 3.05) is 26.8 Å². The Balaban J connectivity index is 2.23. The molecule has 7 nitrogen and oxygen atoms in total. The number of carbonyl (C=O) groups is 1. The number of aromatic nitrogens is 1. The third-order valence-corrected chi connectivity index (χ3v) is 5.07. The Labute approximate surface area is 125 Å². The van der Waals surface area contributed by atoms with Gasteiger partial charge in [0.15, 0.2) is 6.10 Å². The second-order valence-electron chi connectivity index (χ2n) is 4.08. The Bertz CT molecular complexity index is 607. The summed E-state index contributed by atoms with van der Waals surface area (Å²) >= 11 is 3.18. The molecule has 0 radical (unpaired) electrons. The third-order valence-electron chi connectivity index (χ3n) is 2.81. The zero-order valence-corrected chi connectivity index (χ0v) is 13.1. The molecule has 1 atom stereocenters. The summed E-state index contributed by atoms with van der Waals surface area (Å²) in [5, 5.41) is 0. The molecule has 0 aliphatic carbocycles. The Morgan fingerprint density at radius 1 is 1.55 bits per heavy atom. The zero-order valence-electron chi connectivity index (χ0n) is 10.7. The summed E-state index contributed by atoms with van der Waals surface area (Å²) in [6.45, 7) is 0.254. The number of hydrogen-bond donors (Lipinski definition) is 0. The molecule has 1 unspecified atom stereocenters. The molecule has 1 fully saturated rings. The minimum Gasteiger partial charge on any atom is -0.467 e. The average Bonchev–Trinajstić information content (AvgIpc) is 2.46. The van der Waals surface area contributed by atoms with Crippen LogP contribution in [0.25, 0.3) is 0 Å². The number of sulfonamides is 1. The van der Waals surface area contributed by atoms with E-state index in [-0.39, 0.29) is 24.6 Å². The molecular formula is C11H13BrN2O5S. The van der Waals surface area contributed by atoms with Gasteiger partial charge in [-0.1, -0.05) is 0 Å². The molecule has 0 bridgehead atoms. The van der Waals surface area contributed by atoms with E-state index in [1.165, 1.54) is 29.9 Å². The zero-order chi connectivity index (χ0) is 14.8. The summed E-state index contributed by atoms with van der Waals surface area (Å²) in [6.07, 6.45) is 1.86. The Morgan fingerprint density at radius 3 is 2.95 bits per heavy atom. The fourth-order valence-corrected chi connectivity index (χ4v) is 3.73. The number of pyridine rings is 1. The number of halogens is 1. The highest BCUT2D eigenvalue weighted by molar-refractivity contribution is 9.10. The van der Waals surface area contributed by atoms with E-state index in [2.05, 4.69) is 25.7 Å². The molecule has 0 N–H and O–H groups in total. The highest BCUT2D eigenvalue weighted by atomic mass is 79.9. The highest BCUT2D eigenvalue weighted by Gasteiger charge is 2.34. The molecule has 110 valence electrons. The van der Waals surface area contributed by atoms with E-state index in [9.17, 15) is 13.2 Å². The lowest BCUT2D eigenvalue weighted by molar-refractivity contribution is -0.157. The average molecular weight is 365 g/mol. The number of esters is 1. The molecule has 1 aromatic heterocycles. The number of methoxy groups -OCH3 is 1. The van der Waals surface area contributed by atoms with Crippen LogP contribution in [0.5, 0.6) is 0 Å². The summed E-state index contributed by atoms with van der Waals surface area (Å²) in [5.41, 5.74) is 0. The smallest absolute Gasteiger partial charge is 0.336 e. The standard InChI is InChI=1S/C11H13BrN2O5S/c1-18-11(15)10-7-14(2-3-19-10)20(16,17)9-4-8(12)5-13-6-9/h4-6,10H,2-3,7H2,1H3. The predicted molar refractivity (Wildman–Crippen MR) is 72.5 cm³/mol. The normalized spacial score (nSPS) is 20.6. The van der Waals surface area contributed by atoms with E-state index in [1.54, 1.807) is 0 Å². The van der Waals surface area contributed by atoms with Crippen molar-refractivity contribution >= 4 is 31.9 Å². The number of hydrogen-bond acceptors (Lipinski definition) is 6. The van der Waals surface area contributed by atoms with Crippen molar-refractivity contribution in [1.29, 1.82) is 0 Å². The van der Waals surface area contributed by atoms with Crippen LogP contribution in [0.15, 0.2) is 27.8 Å². The molecule has 1 aliphatic heterocycles. The largest absolute Gasteiger partial charge is 0.467 e. The lowest BCUT2D eigenvalue weighted by atomic mass is 10.3. The minimum atomic E-state index is -3.71. The van der Waals surface area contributed by atoms with Gasteiger partial charge in [0.25, 0.3) is 0 Å². The van der Waals surface area contributed by atoms with E-state index < -0.39 is 22.1 Å². The molecule has 0 amide bonds. The van der Waals surface area contributed by atoms with Crippen LogP contribution in [-0.2, 0) is 24.3 Å². The van der Waals surface area contributed by atoms with Crippen LogP contribution in [0.4, 0.5) is 0 Å². The van der Waals surface area contributed by atoms with Gasteiger partial charge in [-0.2, -0.15) is 4.31 Å². The molecule has 1 saturated heterocycles. The summed E-state index contributed by atoms with van der Waals surface area (Å²) < 4.78 is 36.4. The molecule has 0 saturated carbocycles. The van der Waals surface area contributed by atoms with Crippen LogP contribution in [0.3, 0.4) is 0 Å². The van der Waals surface area contributed by atoms with Gasteiger partial charge in [-0.05, 0) is 22.0 Å². The van der Waals surface area contributed by atoms with Gasteiger partial charge >= 0.3 is 5.97 Å². The van der Waals surface area contributed by atoms with E-state index in [0.29, 0.717) is 4.47 Å². The van der Waals surface area contributed by atoms with Gasteiger partial charge in [-0.15, -0.1) is 0 Å². The molecule has 2 rings (SSSR count). The lowest BCUT2D eigenvalue weighted by Crippen LogP contribution is -2.48.